The quantitative estimate of drug-likeness (QED) is 0.681. The van der Waals surface area contributed by atoms with Crippen LogP contribution in [0.2, 0.25) is 0 Å². The molecule has 0 saturated heterocycles. The maximum atomic E-state index is 13.0. The Hall–Kier alpha value is -2.34. The van der Waals surface area contributed by atoms with Crippen LogP contribution in [-0.4, -0.2) is 30.4 Å². The first kappa shape index (κ1) is 20.0. The summed E-state index contributed by atoms with van der Waals surface area (Å²) in [5, 5.41) is 2.12. The summed E-state index contributed by atoms with van der Waals surface area (Å²) in [4.78, 5) is 22.5. The van der Waals surface area contributed by atoms with Crippen LogP contribution in [-0.2, 0) is 16.0 Å². The minimum absolute atomic E-state index is 0.136. The molecule has 2 rings (SSSR count). The van der Waals surface area contributed by atoms with Gasteiger partial charge in [-0.2, -0.15) is 0 Å². The fraction of sp³-hybridized carbons (Fsp3) is 0.300. The number of halogens is 1. The molecule has 1 N–H and O–H groups in total. The third-order valence-corrected chi connectivity index (χ3v) is 4.86. The van der Waals surface area contributed by atoms with Crippen molar-refractivity contribution in [2.75, 3.05) is 13.7 Å². The molecular formula is C20H22FNO3S. The van der Waals surface area contributed by atoms with Crippen molar-refractivity contribution in [3.63, 3.8) is 0 Å². The molecule has 0 bridgehead atoms. The van der Waals surface area contributed by atoms with E-state index >= 15 is 0 Å². The van der Waals surface area contributed by atoms with Crippen LogP contribution in [0.1, 0.15) is 24.0 Å². The summed E-state index contributed by atoms with van der Waals surface area (Å²) in [6.45, 7) is 2.50. The molecule has 2 atom stereocenters. The molecule has 0 aliphatic rings. The minimum atomic E-state index is -0.442. The molecular weight excluding hydrogens is 353 g/mol. The van der Waals surface area contributed by atoms with Crippen LogP contribution < -0.4 is 10.1 Å². The topological polar surface area (TPSA) is 55.4 Å². The van der Waals surface area contributed by atoms with Crippen molar-refractivity contribution >= 4 is 23.3 Å². The monoisotopic (exact) mass is 375 g/mol. The van der Waals surface area contributed by atoms with Crippen LogP contribution >= 0.6 is 11.8 Å². The van der Waals surface area contributed by atoms with E-state index in [4.69, 9.17) is 4.74 Å². The van der Waals surface area contributed by atoms with E-state index < -0.39 is 5.25 Å². The first-order valence-electron chi connectivity index (χ1n) is 8.31. The Morgan fingerprint density at radius 3 is 2.42 bits per heavy atom. The molecule has 0 fully saturated rings. The molecule has 26 heavy (non-hydrogen) atoms. The number of amides is 1. The van der Waals surface area contributed by atoms with Crippen molar-refractivity contribution < 1.29 is 18.7 Å². The molecule has 0 radical (unpaired) electrons. The van der Waals surface area contributed by atoms with Crippen molar-refractivity contribution in [2.24, 2.45) is 0 Å². The van der Waals surface area contributed by atoms with E-state index in [0.717, 1.165) is 28.6 Å². The highest BCUT2D eigenvalue weighted by Crippen LogP contribution is 2.21. The Morgan fingerprint density at radius 1 is 1.19 bits per heavy atom. The number of carbonyl (C=O) groups excluding carboxylic acids is 2. The number of hydrogen-bond donors (Lipinski definition) is 1. The van der Waals surface area contributed by atoms with E-state index in [0.29, 0.717) is 18.6 Å². The van der Waals surface area contributed by atoms with Gasteiger partial charge in [0.2, 0.25) is 5.91 Å². The summed E-state index contributed by atoms with van der Waals surface area (Å²) in [6, 6.07) is 13.9. The summed E-state index contributed by atoms with van der Waals surface area (Å²) in [6.07, 6.45) is 0.468. The van der Waals surface area contributed by atoms with Crippen LogP contribution in [0.5, 0.6) is 5.75 Å². The normalized spacial score (nSPS) is 12.9. The van der Waals surface area contributed by atoms with Gasteiger partial charge >= 0.3 is 0 Å². The zero-order valence-electron chi connectivity index (χ0n) is 14.8. The summed E-state index contributed by atoms with van der Waals surface area (Å²) in [5.74, 6) is 0.440. The standard InChI is InChI=1S/C20H22FNO3S/c1-14(16-5-7-17(21)8-6-16)12-25-18-9-3-15(4-10-18)11-19(26-13-23)20(24)22-2/h3-10,13-14,19H,11-12H2,1-2H3,(H,22,24). The number of thioether (sulfide) groups is 1. The van der Waals surface area contributed by atoms with Crippen molar-refractivity contribution in [3.05, 3.63) is 65.5 Å². The van der Waals surface area contributed by atoms with Crippen molar-refractivity contribution in [1.82, 2.24) is 5.32 Å². The van der Waals surface area contributed by atoms with Crippen LogP contribution in [0, 0.1) is 5.82 Å². The van der Waals surface area contributed by atoms with Gasteiger partial charge in [0.25, 0.3) is 0 Å². The average molecular weight is 375 g/mol. The van der Waals surface area contributed by atoms with E-state index in [2.05, 4.69) is 5.32 Å². The third kappa shape index (κ3) is 5.88. The molecule has 4 nitrogen and oxygen atoms in total. The lowest BCUT2D eigenvalue weighted by molar-refractivity contribution is -0.120. The van der Waals surface area contributed by atoms with Crippen molar-refractivity contribution in [1.29, 1.82) is 0 Å². The van der Waals surface area contributed by atoms with Gasteiger partial charge in [-0.1, -0.05) is 43.0 Å². The molecule has 2 unspecified atom stereocenters. The highest BCUT2D eigenvalue weighted by molar-refractivity contribution is 8.13. The largest absolute Gasteiger partial charge is 0.493 e. The number of rotatable bonds is 9. The van der Waals surface area contributed by atoms with E-state index in [-0.39, 0.29) is 17.6 Å². The Kier molecular flexibility index (Phi) is 7.66. The van der Waals surface area contributed by atoms with Crippen LogP contribution in [0.25, 0.3) is 0 Å². The Balaban J connectivity index is 1.91. The lowest BCUT2D eigenvalue weighted by atomic mass is 10.0. The summed E-state index contributed by atoms with van der Waals surface area (Å²) >= 11 is 0.970. The Morgan fingerprint density at radius 2 is 1.85 bits per heavy atom. The highest BCUT2D eigenvalue weighted by Gasteiger charge is 2.18. The SMILES string of the molecule is CNC(=O)C(Cc1ccc(OCC(C)c2ccc(F)cc2)cc1)SC=O. The average Bonchev–Trinajstić information content (AvgIpc) is 2.66. The van der Waals surface area contributed by atoms with Gasteiger partial charge in [-0.3, -0.25) is 9.59 Å². The van der Waals surface area contributed by atoms with Gasteiger partial charge in [0.15, 0.2) is 5.62 Å². The molecule has 138 valence electrons. The van der Waals surface area contributed by atoms with Gasteiger partial charge in [-0.15, -0.1) is 0 Å². The fourth-order valence-electron chi connectivity index (χ4n) is 2.48. The molecule has 0 heterocycles. The van der Waals surface area contributed by atoms with E-state index in [1.165, 1.54) is 12.1 Å². The van der Waals surface area contributed by atoms with E-state index in [9.17, 15) is 14.0 Å². The van der Waals surface area contributed by atoms with Crippen LogP contribution in [0.4, 0.5) is 4.39 Å². The van der Waals surface area contributed by atoms with Crippen LogP contribution in [0.3, 0.4) is 0 Å². The predicted octanol–water partition coefficient (Wildman–Crippen LogP) is 3.59. The second-order valence-electron chi connectivity index (χ2n) is 5.95. The molecule has 0 spiro atoms. The second kappa shape index (κ2) is 9.97. The lowest BCUT2D eigenvalue weighted by Gasteiger charge is -2.15. The second-order valence-corrected chi connectivity index (χ2v) is 6.98. The van der Waals surface area contributed by atoms with Gasteiger partial charge in [0.05, 0.1) is 11.9 Å². The Bertz CT molecular complexity index is 719. The molecule has 0 aliphatic heterocycles. The summed E-state index contributed by atoms with van der Waals surface area (Å²) < 4.78 is 18.8. The van der Waals surface area contributed by atoms with Crippen LogP contribution in [0.15, 0.2) is 48.5 Å². The Labute approximate surface area is 157 Å². The first-order valence-corrected chi connectivity index (χ1v) is 9.25. The summed E-state index contributed by atoms with van der Waals surface area (Å²) in [7, 11) is 1.56. The van der Waals surface area contributed by atoms with Gasteiger partial charge in [-0.05, 0) is 41.8 Å². The first-order chi connectivity index (χ1) is 12.5. The van der Waals surface area contributed by atoms with E-state index in [1.807, 2.05) is 31.2 Å². The van der Waals surface area contributed by atoms with Crippen molar-refractivity contribution in [3.8, 4) is 5.75 Å². The minimum Gasteiger partial charge on any atom is -0.493 e. The summed E-state index contributed by atoms with van der Waals surface area (Å²) in [5.41, 5.74) is 2.66. The van der Waals surface area contributed by atoms with Gasteiger partial charge < -0.3 is 10.1 Å². The molecule has 6 heteroatoms. The third-order valence-electron chi connectivity index (χ3n) is 4.04. The van der Waals surface area contributed by atoms with Gasteiger partial charge in [-0.25, -0.2) is 4.39 Å². The zero-order chi connectivity index (χ0) is 18.9. The zero-order valence-corrected chi connectivity index (χ0v) is 15.6. The van der Waals surface area contributed by atoms with E-state index in [1.54, 1.807) is 19.2 Å². The molecule has 0 aliphatic carbocycles. The number of benzene rings is 2. The fourth-order valence-corrected chi connectivity index (χ4v) is 3.14. The maximum Gasteiger partial charge on any atom is 0.233 e. The number of nitrogens with one attached hydrogen (secondary N) is 1. The maximum absolute atomic E-state index is 13.0. The van der Waals surface area contributed by atoms with Gasteiger partial charge in [0, 0.05) is 13.0 Å². The smallest absolute Gasteiger partial charge is 0.233 e. The molecule has 0 saturated carbocycles. The van der Waals surface area contributed by atoms with Gasteiger partial charge in [0.1, 0.15) is 11.6 Å². The molecule has 1 amide bonds. The number of carbonyl (C=O) groups is 2. The lowest BCUT2D eigenvalue weighted by Crippen LogP contribution is -2.31. The highest BCUT2D eigenvalue weighted by atomic mass is 32.2. The molecule has 0 aromatic heterocycles. The number of hydrogen-bond acceptors (Lipinski definition) is 4. The predicted molar refractivity (Wildman–Crippen MR) is 103 cm³/mol. The molecule has 2 aromatic rings. The molecule has 2 aromatic carbocycles. The number of ether oxygens (including phenoxy) is 1. The van der Waals surface area contributed by atoms with Crippen molar-refractivity contribution in [2.45, 2.75) is 24.5 Å².